The van der Waals surface area contributed by atoms with Crippen LogP contribution < -0.4 is 0 Å². The molecule has 0 spiro atoms. The summed E-state index contributed by atoms with van der Waals surface area (Å²) >= 11 is 3.77. The van der Waals surface area contributed by atoms with Crippen LogP contribution in [-0.2, 0) is 0 Å². The summed E-state index contributed by atoms with van der Waals surface area (Å²) in [4.78, 5) is 5.56. The van der Waals surface area contributed by atoms with Gasteiger partial charge in [0.15, 0.2) is 0 Å². The van der Waals surface area contributed by atoms with Crippen LogP contribution in [0.1, 0.15) is 88.3 Å². The highest BCUT2D eigenvalue weighted by atomic mass is 32.1. The van der Waals surface area contributed by atoms with Crippen molar-refractivity contribution in [3.05, 3.63) is 87.0 Å². The monoisotopic (exact) mass is 516 g/mol. The number of rotatable bonds is 4. The summed E-state index contributed by atoms with van der Waals surface area (Å²) in [6.45, 7) is 17.7. The molecule has 0 radical (unpaired) electrons. The maximum absolute atomic E-state index is 5.86. The van der Waals surface area contributed by atoms with Gasteiger partial charge in [0.1, 0.15) is 11.3 Å². The van der Waals surface area contributed by atoms with Crippen molar-refractivity contribution < 1.29 is 4.42 Å². The van der Waals surface area contributed by atoms with Gasteiger partial charge in [0.05, 0.1) is 4.88 Å². The maximum Gasteiger partial charge on any atom is 0.145 e. The van der Waals surface area contributed by atoms with E-state index in [0.717, 1.165) is 17.3 Å². The van der Waals surface area contributed by atoms with Crippen LogP contribution in [0.3, 0.4) is 0 Å². The lowest BCUT2D eigenvalue weighted by Crippen LogP contribution is -2.00. The number of benzene rings is 1. The third-order valence-corrected chi connectivity index (χ3v) is 9.88. The van der Waals surface area contributed by atoms with E-state index >= 15 is 0 Å². The standard InChI is InChI=1S/C16H20S.C15H14OS.C2H6/c1-10(2)14-5-6-15(17-14)12-7-11(3)13-9-16(13,4)8-12;1-10(2)14-7-8-15(17-14)13-9-11-5-3-4-6-12(11)16-13;1-2/h5-8,10,13H,9H2,1-4H3;3-10H,1-2H3;1-2H3. The van der Waals surface area contributed by atoms with Crippen LogP contribution in [0.2, 0.25) is 0 Å². The quantitative estimate of drug-likeness (QED) is 0.263. The van der Waals surface area contributed by atoms with Gasteiger partial charge in [0.2, 0.25) is 0 Å². The normalized spacial score (nSPS) is 20.2. The highest BCUT2D eigenvalue weighted by Gasteiger charge is 2.50. The Morgan fingerprint density at radius 2 is 1.47 bits per heavy atom. The summed E-state index contributed by atoms with van der Waals surface area (Å²) < 4.78 is 5.86. The Labute approximate surface area is 225 Å². The summed E-state index contributed by atoms with van der Waals surface area (Å²) in [5.41, 5.74) is 4.46. The highest BCUT2D eigenvalue weighted by molar-refractivity contribution is 7.15. The maximum atomic E-state index is 5.86. The van der Waals surface area contributed by atoms with Gasteiger partial charge in [-0.25, -0.2) is 0 Å². The first kappa shape index (κ1) is 26.7. The molecule has 3 heterocycles. The van der Waals surface area contributed by atoms with Gasteiger partial charge in [-0.2, -0.15) is 0 Å². The van der Waals surface area contributed by atoms with Crippen molar-refractivity contribution in [2.75, 3.05) is 0 Å². The predicted molar refractivity (Wildman–Crippen MR) is 161 cm³/mol. The van der Waals surface area contributed by atoms with E-state index in [4.69, 9.17) is 4.42 Å². The van der Waals surface area contributed by atoms with Gasteiger partial charge in [-0.05, 0) is 78.5 Å². The smallest absolute Gasteiger partial charge is 0.145 e. The predicted octanol–water partition coefficient (Wildman–Crippen LogP) is 11.6. The Hall–Kier alpha value is -2.36. The van der Waals surface area contributed by atoms with Gasteiger partial charge < -0.3 is 4.42 Å². The van der Waals surface area contributed by atoms with E-state index in [1.165, 1.54) is 36.9 Å². The average molecular weight is 517 g/mol. The lowest BCUT2D eigenvalue weighted by atomic mass is 9.92. The van der Waals surface area contributed by atoms with E-state index in [-0.39, 0.29) is 0 Å². The molecule has 3 heteroatoms. The molecule has 1 fully saturated rings. The zero-order valence-corrected chi connectivity index (χ0v) is 24.6. The summed E-state index contributed by atoms with van der Waals surface area (Å²) in [6.07, 6.45) is 6.25. The molecule has 6 rings (SSSR count). The Bertz CT molecular complexity index is 1340. The molecule has 1 nitrogen and oxygen atoms in total. The first-order valence-corrected chi connectivity index (χ1v) is 15.0. The van der Waals surface area contributed by atoms with Crippen molar-refractivity contribution in [1.82, 2.24) is 0 Å². The van der Waals surface area contributed by atoms with Crippen molar-refractivity contribution >= 4 is 39.2 Å². The molecule has 0 bridgehead atoms. The number of fused-ring (bicyclic) bond motifs is 2. The van der Waals surface area contributed by atoms with Crippen LogP contribution >= 0.6 is 22.7 Å². The SMILES string of the molecule is CC.CC(C)c1ccc(-c2cc3ccccc3o2)s1.CC1=CC(c2ccc(C(C)C)s2)=CC2(C)CC12. The summed E-state index contributed by atoms with van der Waals surface area (Å²) in [6, 6.07) is 19.2. The van der Waals surface area contributed by atoms with Crippen molar-refractivity contribution in [2.45, 2.75) is 73.6 Å². The number of allylic oxidation sites excluding steroid dienone is 4. The van der Waals surface area contributed by atoms with Crippen LogP contribution in [0.25, 0.3) is 27.2 Å². The molecule has 0 N–H and O–H groups in total. The molecule has 1 aromatic carbocycles. The number of para-hydroxylation sites is 1. The number of furan rings is 1. The first-order valence-electron chi connectivity index (χ1n) is 13.3. The van der Waals surface area contributed by atoms with Crippen LogP contribution in [-0.4, -0.2) is 0 Å². The van der Waals surface area contributed by atoms with Gasteiger partial charge in [-0.3, -0.25) is 0 Å². The van der Waals surface area contributed by atoms with Crippen LogP contribution in [0, 0.1) is 11.3 Å². The fourth-order valence-corrected chi connectivity index (χ4v) is 6.78. The van der Waals surface area contributed by atoms with E-state index in [9.17, 15) is 0 Å². The van der Waals surface area contributed by atoms with Crippen LogP contribution in [0.4, 0.5) is 0 Å². The summed E-state index contributed by atoms with van der Waals surface area (Å²) in [5, 5.41) is 1.17. The average Bonchev–Trinajstić information content (AvgIpc) is 3.33. The Morgan fingerprint density at radius 1 is 0.861 bits per heavy atom. The van der Waals surface area contributed by atoms with Crippen molar-refractivity contribution in [2.24, 2.45) is 11.3 Å². The van der Waals surface area contributed by atoms with Gasteiger partial charge in [-0.15, -0.1) is 22.7 Å². The van der Waals surface area contributed by atoms with E-state index in [2.05, 4.69) is 90.1 Å². The molecule has 2 aliphatic rings. The van der Waals surface area contributed by atoms with E-state index in [1.54, 1.807) is 5.57 Å². The minimum absolute atomic E-state index is 0.468. The summed E-state index contributed by atoms with van der Waals surface area (Å²) in [7, 11) is 0. The lowest BCUT2D eigenvalue weighted by Gasteiger charge is -2.15. The molecular weight excluding hydrogens is 476 g/mol. The Kier molecular flexibility index (Phi) is 8.12. The zero-order valence-electron chi connectivity index (χ0n) is 23.0. The molecule has 4 aromatic rings. The fraction of sp³-hybridized carbons (Fsp3) is 0.394. The van der Waals surface area contributed by atoms with Crippen molar-refractivity contribution in [3.63, 3.8) is 0 Å². The lowest BCUT2D eigenvalue weighted by molar-refractivity contribution is 0.633. The molecule has 0 amide bonds. The third kappa shape index (κ3) is 5.63. The third-order valence-electron chi connectivity index (χ3n) is 7.04. The van der Waals surface area contributed by atoms with Crippen LogP contribution in [0.15, 0.2) is 76.7 Å². The van der Waals surface area contributed by atoms with Crippen LogP contribution in [0.5, 0.6) is 0 Å². The van der Waals surface area contributed by atoms with Gasteiger partial charge in [0, 0.05) is 20.0 Å². The number of hydrogen-bond acceptors (Lipinski definition) is 3. The Balaban J connectivity index is 0.000000158. The van der Waals surface area contributed by atoms with Gasteiger partial charge in [0.25, 0.3) is 0 Å². The van der Waals surface area contributed by atoms with Crippen molar-refractivity contribution in [3.8, 4) is 10.6 Å². The minimum Gasteiger partial charge on any atom is -0.455 e. The minimum atomic E-state index is 0.468. The van der Waals surface area contributed by atoms with Crippen molar-refractivity contribution in [1.29, 1.82) is 0 Å². The molecule has 2 aliphatic carbocycles. The van der Waals surface area contributed by atoms with Gasteiger partial charge >= 0.3 is 0 Å². The largest absolute Gasteiger partial charge is 0.455 e. The molecule has 3 aromatic heterocycles. The molecule has 2 atom stereocenters. The first-order chi connectivity index (χ1) is 17.2. The fourth-order valence-electron chi connectivity index (χ4n) is 4.82. The molecular formula is C33H40OS2. The molecule has 1 saturated carbocycles. The molecule has 2 unspecified atom stereocenters. The zero-order chi connectivity index (χ0) is 26.0. The molecule has 36 heavy (non-hydrogen) atoms. The Morgan fingerprint density at radius 3 is 2.06 bits per heavy atom. The summed E-state index contributed by atoms with van der Waals surface area (Å²) in [5.74, 6) is 3.03. The topological polar surface area (TPSA) is 13.1 Å². The molecule has 0 saturated heterocycles. The highest BCUT2D eigenvalue weighted by Crippen LogP contribution is 2.61. The second kappa shape index (κ2) is 10.9. The number of hydrogen-bond donors (Lipinski definition) is 0. The number of thiophene rings is 2. The van der Waals surface area contributed by atoms with E-state index < -0.39 is 0 Å². The van der Waals surface area contributed by atoms with E-state index in [1.807, 2.05) is 54.7 Å². The molecule has 0 aliphatic heterocycles. The second-order valence-corrected chi connectivity index (χ2v) is 12.8. The second-order valence-electron chi connectivity index (χ2n) is 10.6. The van der Waals surface area contributed by atoms with Gasteiger partial charge in [-0.1, -0.05) is 84.4 Å². The van der Waals surface area contributed by atoms with E-state index in [0.29, 0.717) is 17.3 Å². The molecule has 190 valence electrons.